The van der Waals surface area contributed by atoms with Crippen molar-refractivity contribution in [3.63, 3.8) is 0 Å². The molecule has 4 nitrogen and oxygen atoms in total. The average Bonchev–Trinajstić information content (AvgIpc) is 2.38. The minimum atomic E-state index is -0.389. The highest BCUT2D eigenvalue weighted by Crippen LogP contribution is 2.00. The van der Waals surface area contributed by atoms with Crippen LogP contribution in [-0.2, 0) is 0 Å². The van der Waals surface area contributed by atoms with Gasteiger partial charge in [-0.2, -0.15) is 5.26 Å². The van der Waals surface area contributed by atoms with Crippen molar-refractivity contribution in [2.75, 3.05) is 6.54 Å². The van der Waals surface area contributed by atoms with Crippen molar-refractivity contribution in [1.82, 2.24) is 5.32 Å². The van der Waals surface area contributed by atoms with E-state index in [0.717, 1.165) is 12.8 Å². The zero-order chi connectivity index (χ0) is 12.5. The predicted octanol–water partition coefficient (Wildman–Crippen LogP) is 1.44. The molecule has 0 saturated carbocycles. The lowest BCUT2D eigenvalue weighted by Gasteiger charge is -2.05. The van der Waals surface area contributed by atoms with Gasteiger partial charge in [-0.25, -0.2) is 0 Å². The van der Waals surface area contributed by atoms with Gasteiger partial charge < -0.3 is 11.1 Å². The number of carbonyl (C=O) groups is 1. The Morgan fingerprint density at radius 2 is 2.06 bits per heavy atom. The molecule has 3 N–H and O–H groups in total. The summed E-state index contributed by atoms with van der Waals surface area (Å²) < 4.78 is 0. The summed E-state index contributed by atoms with van der Waals surface area (Å²) in [5.41, 5.74) is 6.13. The third kappa shape index (κ3) is 5.14. The molecule has 0 radical (unpaired) electrons. The number of nitrogens with one attached hydrogen (secondary N) is 1. The largest absolute Gasteiger partial charge is 0.352 e. The number of amides is 1. The van der Waals surface area contributed by atoms with Crippen molar-refractivity contribution in [3.05, 3.63) is 35.9 Å². The van der Waals surface area contributed by atoms with E-state index in [2.05, 4.69) is 5.32 Å². The van der Waals surface area contributed by atoms with Crippen LogP contribution in [0.4, 0.5) is 0 Å². The van der Waals surface area contributed by atoms with Crippen LogP contribution in [0.5, 0.6) is 0 Å². The van der Waals surface area contributed by atoms with E-state index in [1.165, 1.54) is 0 Å². The highest BCUT2D eigenvalue weighted by Gasteiger charge is 2.03. The minimum Gasteiger partial charge on any atom is -0.352 e. The van der Waals surface area contributed by atoms with Gasteiger partial charge >= 0.3 is 0 Å². The molecule has 1 rings (SSSR count). The molecule has 0 saturated heterocycles. The Bertz CT molecular complexity index is 383. The molecule has 0 heterocycles. The summed E-state index contributed by atoms with van der Waals surface area (Å²) >= 11 is 0. The Morgan fingerprint density at radius 1 is 1.35 bits per heavy atom. The van der Waals surface area contributed by atoms with E-state index in [1.54, 1.807) is 12.1 Å². The topological polar surface area (TPSA) is 78.9 Å². The lowest BCUT2D eigenvalue weighted by Crippen LogP contribution is -2.25. The molecular weight excluding hydrogens is 214 g/mol. The van der Waals surface area contributed by atoms with Gasteiger partial charge in [0.05, 0.1) is 12.1 Å². The number of nitrogens with zero attached hydrogens (tertiary/aromatic N) is 1. The number of hydrogen-bond acceptors (Lipinski definition) is 3. The molecule has 4 heteroatoms. The number of benzene rings is 1. The van der Waals surface area contributed by atoms with Gasteiger partial charge in [-0.1, -0.05) is 18.2 Å². The van der Waals surface area contributed by atoms with Crippen molar-refractivity contribution >= 4 is 5.91 Å². The van der Waals surface area contributed by atoms with E-state index in [9.17, 15) is 4.79 Å². The molecule has 1 aromatic carbocycles. The standard InChI is InChI=1S/C13H17N3O/c14-10-12(15)8-4-5-9-16-13(17)11-6-2-1-3-7-11/h1-3,6-7,12H,4-5,8-9,15H2,(H,16,17). The summed E-state index contributed by atoms with van der Waals surface area (Å²) in [7, 11) is 0. The lowest BCUT2D eigenvalue weighted by molar-refractivity contribution is 0.0953. The maximum atomic E-state index is 11.6. The van der Waals surface area contributed by atoms with Gasteiger partial charge in [-0.05, 0) is 31.4 Å². The van der Waals surface area contributed by atoms with Crippen LogP contribution in [-0.4, -0.2) is 18.5 Å². The number of carbonyl (C=O) groups excluding carboxylic acids is 1. The first kappa shape index (κ1) is 13.2. The normalized spacial score (nSPS) is 11.5. The van der Waals surface area contributed by atoms with Crippen LogP contribution in [0.25, 0.3) is 0 Å². The fourth-order valence-corrected chi connectivity index (χ4v) is 1.45. The Labute approximate surface area is 101 Å². The zero-order valence-electron chi connectivity index (χ0n) is 9.73. The molecule has 0 aliphatic carbocycles. The first-order valence-corrected chi connectivity index (χ1v) is 5.72. The summed E-state index contributed by atoms with van der Waals surface area (Å²) in [5.74, 6) is -0.0600. The van der Waals surface area contributed by atoms with Crippen molar-refractivity contribution in [2.24, 2.45) is 5.73 Å². The smallest absolute Gasteiger partial charge is 0.251 e. The molecule has 0 aromatic heterocycles. The number of unbranched alkanes of at least 4 members (excludes halogenated alkanes) is 1. The summed E-state index contributed by atoms with van der Waals surface area (Å²) in [5, 5.41) is 11.3. The molecule has 0 fully saturated rings. The first-order chi connectivity index (χ1) is 8.24. The Hall–Kier alpha value is -1.86. The first-order valence-electron chi connectivity index (χ1n) is 5.72. The maximum Gasteiger partial charge on any atom is 0.251 e. The van der Waals surface area contributed by atoms with Crippen molar-refractivity contribution in [2.45, 2.75) is 25.3 Å². The van der Waals surface area contributed by atoms with Crippen LogP contribution >= 0.6 is 0 Å². The van der Waals surface area contributed by atoms with Crippen molar-refractivity contribution in [3.8, 4) is 6.07 Å². The Morgan fingerprint density at radius 3 is 2.71 bits per heavy atom. The molecule has 0 spiro atoms. The predicted molar refractivity (Wildman–Crippen MR) is 66.2 cm³/mol. The second-order valence-electron chi connectivity index (χ2n) is 3.85. The fourth-order valence-electron chi connectivity index (χ4n) is 1.45. The van der Waals surface area contributed by atoms with Gasteiger partial charge in [0.1, 0.15) is 0 Å². The van der Waals surface area contributed by atoms with E-state index in [4.69, 9.17) is 11.0 Å². The quantitative estimate of drug-likeness (QED) is 0.727. The highest BCUT2D eigenvalue weighted by molar-refractivity contribution is 5.94. The Kier molecular flexibility index (Phi) is 5.76. The average molecular weight is 231 g/mol. The van der Waals surface area contributed by atoms with E-state index in [-0.39, 0.29) is 11.9 Å². The summed E-state index contributed by atoms with van der Waals surface area (Å²) in [4.78, 5) is 11.6. The number of rotatable bonds is 6. The van der Waals surface area contributed by atoms with Gasteiger partial charge in [0, 0.05) is 12.1 Å². The zero-order valence-corrected chi connectivity index (χ0v) is 9.73. The molecule has 17 heavy (non-hydrogen) atoms. The molecular formula is C13H17N3O. The van der Waals surface area contributed by atoms with Crippen LogP contribution in [0.15, 0.2) is 30.3 Å². The van der Waals surface area contributed by atoms with Crippen molar-refractivity contribution < 1.29 is 4.79 Å². The Balaban J connectivity index is 2.16. The van der Waals surface area contributed by atoms with E-state index >= 15 is 0 Å². The van der Waals surface area contributed by atoms with Crippen LogP contribution in [0, 0.1) is 11.3 Å². The molecule has 1 atom stereocenters. The van der Waals surface area contributed by atoms with Crippen LogP contribution in [0.2, 0.25) is 0 Å². The van der Waals surface area contributed by atoms with Crippen LogP contribution in [0.1, 0.15) is 29.6 Å². The molecule has 90 valence electrons. The highest BCUT2D eigenvalue weighted by atomic mass is 16.1. The third-order valence-corrected chi connectivity index (χ3v) is 2.43. The lowest BCUT2D eigenvalue weighted by atomic mass is 10.1. The maximum absolute atomic E-state index is 11.6. The monoisotopic (exact) mass is 231 g/mol. The number of hydrogen-bond donors (Lipinski definition) is 2. The number of nitrogens with two attached hydrogens (primary N) is 1. The van der Waals surface area contributed by atoms with Crippen LogP contribution in [0.3, 0.4) is 0 Å². The SMILES string of the molecule is N#CC(N)CCCCNC(=O)c1ccccc1. The van der Waals surface area contributed by atoms with E-state index in [0.29, 0.717) is 18.5 Å². The molecule has 1 amide bonds. The second kappa shape index (κ2) is 7.42. The van der Waals surface area contributed by atoms with Crippen molar-refractivity contribution in [1.29, 1.82) is 5.26 Å². The van der Waals surface area contributed by atoms with Gasteiger partial charge in [-0.15, -0.1) is 0 Å². The molecule has 1 unspecified atom stereocenters. The molecule has 0 aliphatic rings. The van der Waals surface area contributed by atoms with Gasteiger partial charge in [0.15, 0.2) is 0 Å². The van der Waals surface area contributed by atoms with E-state index < -0.39 is 0 Å². The second-order valence-corrected chi connectivity index (χ2v) is 3.85. The van der Waals surface area contributed by atoms with Crippen LogP contribution < -0.4 is 11.1 Å². The summed E-state index contributed by atoms with van der Waals surface area (Å²) in [6.07, 6.45) is 2.37. The van der Waals surface area contributed by atoms with Gasteiger partial charge in [0.2, 0.25) is 0 Å². The molecule has 1 aromatic rings. The molecule has 0 aliphatic heterocycles. The number of nitriles is 1. The summed E-state index contributed by atoms with van der Waals surface area (Å²) in [6.45, 7) is 0.617. The summed E-state index contributed by atoms with van der Waals surface area (Å²) in [6, 6.07) is 10.7. The third-order valence-electron chi connectivity index (χ3n) is 2.43. The fraction of sp³-hybridized carbons (Fsp3) is 0.385. The molecule has 0 bridgehead atoms. The van der Waals surface area contributed by atoms with Gasteiger partial charge in [-0.3, -0.25) is 4.79 Å². The van der Waals surface area contributed by atoms with Gasteiger partial charge in [0.25, 0.3) is 5.91 Å². The van der Waals surface area contributed by atoms with E-state index in [1.807, 2.05) is 24.3 Å². The minimum absolute atomic E-state index is 0.0600.